The van der Waals surface area contributed by atoms with Crippen LogP contribution < -0.4 is 37.9 Å². The summed E-state index contributed by atoms with van der Waals surface area (Å²) >= 11 is 7.14. The van der Waals surface area contributed by atoms with Gasteiger partial charge in [-0.25, -0.2) is 0 Å². The minimum atomic E-state index is 0.503. The van der Waals surface area contributed by atoms with Gasteiger partial charge >= 0.3 is 0 Å². The molecule has 5 aromatic carbocycles. The number of hydrogen-bond acceptors (Lipinski definition) is 12. The number of benzene rings is 5. The van der Waals surface area contributed by atoms with Crippen LogP contribution in [0.3, 0.4) is 0 Å². The Labute approximate surface area is 431 Å². The molecule has 12 heteroatoms. The zero-order chi connectivity index (χ0) is 49.2. The fourth-order valence-electron chi connectivity index (χ4n) is 9.74. The van der Waals surface area contributed by atoms with Gasteiger partial charge in [-0.2, -0.15) is 0 Å². The van der Waals surface area contributed by atoms with Crippen molar-refractivity contribution in [3.05, 3.63) is 176 Å². The molecule has 0 N–H and O–H groups in total. The van der Waals surface area contributed by atoms with Crippen molar-refractivity contribution >= 4 is 45.3 Å². The van der Waals surface area contributed by atoms with Crippen LogP contribution in [0.5, 0.6) is 46.0 Å². The van der Waals surface area contributed by atoms with Crippen LogP contribution in [-0.2, 0) is 32.1 Å². The van der Waals surface area contributed by atoms with E-state index in [1.807, 2.05) is 22.7 Å². The van der Waals surface area contributed by atoms with Crippen LogP contribution in [-0.4, -0.2) is 56.9 Å². The molecule has 10 aliphatic carbocycles. The number of ether oxygens (including phenoxy) is 8. The molecule has 0 radical (unpaired) electrons. The normalized spacial score (nSPS) is 12.2. The third-order valence-corrected chi connectivity index (χ3v) is 17.6. The van der Waals surface area contributed by atoms with Gasteiger partial charge in [0, 0.05) is 106 Å². The Balaban J connectivity index is 1.23. The second-order valence-corrected chi connectivity index (χ2v) is 21.3. The Morgan fingerprint density at radius 1 is 0.268 bits per heavy atom. The van der Waals surface area contributed by atoms with Gasteiger partial charge in [0.25, 0.3) is 0 Å². The molecule has 10 aliphatic rings. The molecule has 0 fully saturated rings. The fraction of sp³-hybridized carbons (Fsp3) is 0.220. The molecule has 0 atom stereocenters. The molecule has 0 unspecified atom stereocenters. The first kappa shape index (κ1) is 48.0. The van der Waals surface area contributed by atoms with E-state index in [0.29, 0.717) is 32.1 Å². The summed E-state index contributed by atoms with van der Waals surface area (Å²) in [4.78, 5) is 7.32. The SMILES string of the molecule is COc1cc2c(OC)cc1Cc1cc(OC)c(cc1OC)Cc1cc(OC)c(cc1OC)Cc1cc(-c3ccc(-c4cccs4)s3)c(cc1-c1ccc(-c3cccs3)s1)Cc1cc(OC)c(cc1OC)C2. The van der Waals surface area contributed by atoms with Crippen LogP contribution in [0.15, 0.2) is 120 Å². The molecule has 362 valence electrons. The third kappa shape index (κ3) is 9.61. The highest BCUT2D eigenvalue weighted by molar-refractivity contribution is 7.23. The van der Waals surface area contributed by atoms with Crippen molar-refractivity contribution in [3.8, 4) is 86.4 Å². The lowest BCUT2D eigenvalue weighted by Gasteiger charge is -2.20. The van der Waals surface area contributed by atoms with Crippen LogP contribution in [0, 0.1) is 0 Å². The van der Waals surface area contributed by atoms with Crippen LogP contribution in [0.4, 0.5) is 0 Å². The summed E-state index contributed by atoms with van der Waals surface area (Å²) in [5, 5.41) is 4.27. The molecule has 0 saturated heterocycles. The van der Waals surface area contributed by atoms with Crippen molar-refractivity contribution in [2.24, 2.45) is 0 Å². The Hall–Kier alpha value is -6.70. The molecule has 71 heavy (non-hydrogen) atoms. The molecular formula is C59H54O8S4. The van der Waals surface area contributed by atoms with E-state index in [0.717, 1.165) is 102 Å². The van der Waals surface area contributed by atoms with E-state index in [2.05, 4.69) is 120 Å². The van der Waals surface area contributed by atoms with E-state index in [4.69, 9.17) is 37.9 Å². The van der Waals surface area contributed by atoms with Crippen molar-refractivity contribution < 1.29 is 37.9 Å². The van der Waals surface area contributed by atoms with Gasteiger partial charge in [-0.3, -0.25) is 0 Å². The minimum Gasteiger partial charge on any atom is -0.496 e. The minimum absolute atomic E-state index is 0.503. The van der Waals surface area contributed by atoms with E-state index in [1.54, 1.807) is 79.6 Å². The van der Waals surface area contributed by atoms with Crippen molar-refractivity contribution in [3.63, 3.8) is 0 Å². The first-order valence-electron chi connectivity index (χ1n) is 23.1. The summed E-state index contributed by atoms with van der Waals surface area (Å²) in [5.74, 6) is 5.97. The predicted molar refractivity (Wildman–Crippen MR) is 292 cm³/mol. The zero-order valence-corrected chi connectivity index (χ0v) is 44.2. The van der Waals surface area contributed by atoms with Gasteiger partial charge < -0.3 is 37.9 Å². The first-order chi connectivity index (χ1) is 34.7. The smallest absolute Gasteiger partial charge is 0.122 e. The number of thiophene rings is 4. The van der Waals surface area contributed by atoms with E-state index >= 15 is 0 Å². The Kier molecular flexibility index (Phi) is 14.1. The molecular weight excluding hydrogens is 965 g/mol. The molecule has 0 amide bonds. The van der Waals surface area contributed by atoms with Crippen LogP contribution in [0.1, 0.15) is 55.6 Å². The topological polar surface area (TPSA) is 73.8 Å². The largest absolute Gasteiger partial charge is 0.496 e. The number of hydrogen-bond donors (Lipinski definition) is 0. The van der Waals surface area contributed by atoms with Crippen LogP contribution >= 0.6 is 45.3 Å². The summed E-state index contributed by atoms with van der Waals surface area (Å²) < 4.78 is 49.5. The second kappa shape index (κ2) is 20.9. The average molecular weight is 1020 g/mol. The highest BCUT2D eigenvalue weighted by Crippen LogP contribution is 2.47. The fourth-order valence-corrected chi connectivity index (χ4v) is 13.5. The second-order valence-electron chi connectivity index (χ2n) is 17.2. The molecule has 8 nitrogen and oxygen atoms in total. The quantitative estimate of drug-likeness (QED) is 0.120. The standard InChI is InChI=1S/C59H54O8S4/c1-60-46-28-38-21-40-30-52(66-7)42(32-50(40)64-5)23-43-33-51(65-6)41(31-53(43)67-8)22-39-29-47(61-2)37(27-49(39)63-4)20-35-25-44(54-13-15-58(70-54)56-11-9-17-68-56)34(19-36(46)26-48(38)62-3)24-45(35)55-14-16-59(71-55)57-12-10-18-69-57/h9-18,24-33H,19-23H2,1-8H3. The van der Waals surface area contributed by atoms with Gasteiger partial charge in [0.1, 0.15) is 46.0 Å². The van der Waals surface area contributed by atoms with Crippen molar-refractivity contribution in [2.75, 3.05) is 56.9 Å². The molecule has 10 bridgehead atoms. The van der Waals surface area contributed by atoms with Crippen molar-refractivity contribution in [1.82, 2.24) is 0 Å². The number of rotatable bonds is 12. The Bertz CT molecular complexity index is 3120. The van der Waals surface area contributed by atoms with E-state index in [-0.39, 0.29) is 0 Å². The maximum atomic E-state index is 6.29. The lowest BCUT2D eigenvalue weighted by Crippen LogP contribution is -2.04. The number of methoxy groups -OCH3 is 8. The van der Waals surface area contributed by atoms with Gasteiger partial charge in [-0.15, -0.1) is 45.3 Å². The van der Waals surface area contributed by atoms with Gasteiger partial charge in [-0.05, 0) is 130 Å². The first-order valence-corrected chi connectivity index (χ1v) is 26.5. The molecule has 0 aliphatic heterocycles. The average Bonchev–Trinajstić information content (AvgIpc) is 4.26. The summed E-state index contributed by atoms with van der Waals surface area (Å²) in [5.41, 5.74) is 12.4. The highest BCUT2D eigenvalue weighted by atomic mass is 32.1. The molecule has 19 rings (SSSR count). The van der Waals surface area contributed by atoms with Crippen LogP contribution in [0.2, 0.25) is 0 Å². The van der Waals surface area contributed by atoms with Crippen LogP contribution in [0.25, 0.3) is 40.4 Å². The van der Waals surface area contributed by atoms with Gasteiger partial charge in [0.05, 0.1) is 56.9 Å². The Morgan fingerprint density at radius 3 is 0.732 bits per heavy atom. The summed E-state index contributed by atoms with van der Waals surface area (Å²) in [6.45, 7) is 0. The monoisotopic (exact) mass is 1020 g/mol. The maximum Gasteiger partial charge on any atom is 0.122 e. The maximum absolute atomic E-state index is 6.29. The van der Waals surface area contributed by atoms with E-state index < -0.39 is 0 Å². The summed E-state index contributed by atoms with van der Waals surface area (Å²) in [7, 11) is 13.8. The third-order valence-electron chi connectivity index (χ3n) is 13.2. The van der Waals surface area contributed by atoms with Gasteiger partial charge in [-0.1, -0.05) is 12.1 Å². The molecule has 0 saturated carbocycles. The van der Waals surface area contributed by atoms with E-state index in [9.17, 15) is 0 Å². The Morgan fingerprint density at radius 2 is 0.507 bits per heavy atom. The molecule has 4 heterocycles. The van der Waals surface area contributed by atoms with Gasteiger partial charge in [0.2, 0.25) is 0 Å². The lowest BCUT2D eigenvalue weighted by molar-refractivity contribution is 0.389. The zero-order valence-electron chi connectivity index (χ0n) is 41.0. The molecule has 0 spiro atoms. The lowest BCUT2D eigenvalue weighted by atomic mass is 9.88. The van der Waals surface area contributed by atoms with Gasteiger partial charge in [0.15, 0.2) is 0 Å². The van der Waals surface area contributed by atoms with E-state index in [1.165, 1.54) is 40.4 Å². The predicted octanol–water partition coefficient (Wildman–Crippen LogP) is 14.9. The van der Waals surface area contributed by atoms with Crippen molar-refractivity contribution in [1.29, 1.82) is 0 Å². The highest BCUT2D eigenvalue weighted by Gasteiger charge is 2.24. The van der Waals surface area contributed by atoms with Crippen molar-refractivity contribution in [2.45, 2.75) is 32.1 Å². The molecule has 4 aromatic heterocycles. The summed E-state index contributed by atoms with van der Waals surface area (Å²) in [6.07, 6.45) is 2.69. The summed E-state index contributed by atoms with van der Waals surface area (Å²) in [6, 6.07) is 39.2. The molecule has 9 aromatic rings.